The van der Waals surface area contributed by atoms with E-state index in [4.69, 9.17) is 0 Å². The van der Waals surface area contributed by atoms with Gasteiger partial charge in [-0.2, -0.15) is 8.42 Å². The van der Waals surface area contributed by atoms with E-state index in [-0.39, 0.29) is 34.8 Å². The maximum atomic E-state index is 12.8. The lowest BCUT2D eigenvalue weighted by molar-refractivity contribution is -0.127. The molecule has 1 atom stereocenters. The van der Waals surface area contributed by atoms with Crippen molar-refractivity contribution in [3.63, 3.8) is 0 Å². The summed E-state index contributed by atoms with van der Waals surface area (Å²) in [6.45, 7) is 5.65. The highest BCUT2D eigenvalue weighted by Gasteiger charge is 2.39. The molecule has 0 aromatic heterocycles. The van der Waals surface area contributed by atoms with Gasteiger partial charge in [0.2, 0.25) is 11.8 Å². The predicted molar refractivity (Wildman–Crippen MR) is 126 cm³/mol. The highest BCUT2D eigenvalue weighted by atomic mass is 79.9. The molecular formula is C21H20BrN3O4S2. The summed E-state index contributed by atoms with van der Waals surface area (Å²) in [7, 11) is -4.02. The molecule has 0 radical (unpaired) electrons. The first-order valence-electron chi connectivity index (χ1n) is 9.25. The minimum atomic E-state index is -4.02. The van der Waals surface area contributed by atoms with Crippen LogP contribution in [0.3, 0.4) is 0 Å². The second-order valence-corrected chi connectivity index (χ2v) is 10.5. The van der Waals surface area contributed by atoms with Crippen molar-refractivity contribution in [1.29, 1.82) is 0 Å². The number of carbonyl (C=O) groups excluding carboxylic acids is 2. The van der Waals surface area contributed by atoms with Crippen molar-refractivity contribution in [2.45, 2.75) is 23.5 Å². The number of sulfonamides is 1. The molecule has 0 spiro atoms. The number of anilines is 1. The molecule has 2 amide bonds. The van der Waals surface area contributed by atoms with Crippen LogP contribution in [0.2, 0.25) is 0 Å². The number of aryl methyl sites for hydroxylation is 1. The molecule has 1 heterocycles. The molecule has 2 aromatic carbocycles. The van der Waals surface area contributed by atoms with Gasteiger partial charge in [0.25, 0.3) is 10.0 Å². The van der Waals surface area contributed by atoms with Gasteiger partial charge >= 0.3 is 0 Å². The van der Waals surface area contributed by atoms with Crippen molar-refractivity contribution in [2.75, 3.05) is 11.9 Å². The molecule has 1 N–H and O–H groups in total. The minimum Gasteiger partial charge on any atom is -0.326 e. The second-order valence-electron chi connectivity index (χ2n) is 6.77. The standard InChI is InChI=1S/C21H20BrN3O4S2/c1-3-12-25-20(27)18(13-19(26)23-16-8-4-14(2)5-9-16)30-21(25)24-31(28,29)17-10-6-15(22)7-11-17/h3-11,18H,1,12-13H2,2H3,(H,23,26)/t18-/m1/s1. The average Bonchev–Trinajstić information content (AvgIpc) is 2.98. The first-order chi connectivity index (χ1) is 14.7. The molecule has 2 aromatic rings. The Bertz CT molecular complexity index is 1130. The van der Waals surface area contributed by atoms with E-state index in [0.717, 1.165) is 21.8 Å². The van der Waals surface area contributed by atoms with Crippen molar-refractivity contribution in [3.05, 3.63) is 71.2 Å². The Morgan fingerprint density at radius 2 is 1.87 bits per heavy atom. The number of amides is 2. The lowest BCUT2D eigenvalue weighted by atomic mass is 10.2. The molecule has 162 valence electrons. The van der Waals surface area contributed by atoms with E-state index in [1.807, 2.05) is 19.1 Å². The largest absolute Gasteiger partial charge is 0.326 e. The maximum Gasteiger partial charge on any atom is 0.284 e. The summed E-state index contributed by atoms with van der Waals surface area (Å²) < 4.78 is 30.0. The number of halogens is 1. The number of hydrogen-bond donors (Lipinski definition) is 1. The number of carbonyl (C=O) groups is 2. The molecular weight excluding hydrogens is 502 g/mol. The van der Waals surface area contributed by atoms with E-state index >= 15 is 0 Å². The Morgan fingerprint density at radius 3 is 2.48 bits per heavy atom. The molecule has 1 aliphatic heterocycles. The van der Waals surface area contributed by atoms with Gasteiger partial charge in [0, 0.05) is 23.1 Å². The Hall–Kier alpha value is -2.43. The summed E-state index contributed by atoms with van der Waals surface area (Å²) in [6, 6.07) is 13.3. The average molecular weight is 522 g/mol. The quantitative estimate of drug-likeness (QED) is 0.556. The summed E-state index contributed by atoms with van der Waals surface area (Å²) in [4.78, 5) is 26.5. The van der Waals surface area contributed by atoms with Crippen LogP contribution in [0.15, 0.2) is 75.0 Å². The van der Waals surface area contributed by atoms with Gasteiger partial charge in [-0.25, -0.2) is 0 Å². The smallest absolute Gasteiger partial charge is 0.284 e. The SMILES string of the molecule is C=CCN1C(=O)[C@@H](CC(=O)Nc2ccc(C)cc2)SC1=NS(=O)(=O)c1ccc(Br)cc1. The molecule has 1 saturated heterocycles. The van der Waals surface area contributed by atoms with Gasteiger partial charge in [0.05, 0.1) is 4.90 Å². The number of nitrogens with one attached hydrogen (secondary N) is 1. The van der Waals surface area contributed by atoms with E-state index < -0.39 is 15.3 Å². The lowest BCUT2D eigenvalue weighted by Crippen LogP contribution is -2.33. The fraction of sp³-hybridized carbons (Fsp3) is 0.190. The van der Waals surface area contributed by atoms with Crippen molar-refractivity contribution in [2.24, 2.45) is 4.40 Å². The third-order valence-corrected chi connectivity index (χ3v) is 7.45. The summed E-state index contributed by atoms with van der Waals surface area (Å²) >= 11 is 4.22. The van der Waals surface area contributed by atoms with Gasteiger partial charge in [-0.1, -0.05) is 51.5 Å². The summed E-state index contributed by atoms with van der Waals surface area (Å²) in [5.41, 5.74) is 1.69. The molecule has 10 heteroatoms. The van der Waals surface area contributed by atoms with Gasteiger partial charge in [-0.3, -0.25) is 14.5 Å². The van der Waals surface area contributed by atoms with E-state index in [0.29, 0.717) is 5.69 Å². The molecule has 0 unspecified atom stereocenters. The van der Waals surface area contributed by atoms with Crippen molar-refractivity contribution in [3.8, 4) is 0 Å². The van der Waals surface area contributed by atoms with E-state index in [1.54, 1.807) is 24.3 Å². The molecule has 7 nitrogen and oxygen atoms in total. The zero-order valence-electron chi connectivity index (χ0n) is 16.6. The fourth-order valence-corrected chi connectivity index (χ4v) is 5.42. The minimum absolute atomic E-state index is 0.00960. The number of benzene rings is 2. The van der Waals surface area contributed by atoms with Crippen LogP contribution in [0.5, 0.6) is 0 Å². The Labute approximate surface area is 193 Å². The third kappa shape index (κ3) is 5.84. The highest BCUT2D eigenvalue weighted by Crippen LogP contribution is 2.31. The monoisotopic (exact) mass is 521 g/mol. The van der Waals surface area contributed by atoms with E-state index in [1.165, 1.54) is 23.1 Å². The number of amidine groups is 1. The predicted octanol–water partition coefficient (Wildman–Crippen LogP) is 3.96. The van der Waals surface area contributed by atoms with Crippen molar-refractivity contribution < 1.29 is 18.0 Å². The van der Waals surface area contributed by atoms with Crippen LogP contribution >= 0.6 is 27.7 Å². The number of hydrogen-bond acceptors (Lipinski definition) is 5. The van der Waals surface area contributed by atoms with Crippen LogP contribution in [0.1, 0.15) is 12.0 Å². The highest BCUT2D eigenvalue weighted by molar-refractivity contribution is 9.10. The normalized spacial score (nSPS) is 17.7. The Balaban J connectivity index is 1.78. The van der Waals surface area contributed by atoms with Gasteiger partial charge in [0.1, 0.15) is 5.25 Å². The van der Waals surface area contributed by atoms with Crippen molar-refractivity contribution in [1.82, 2.24) is 4.90 Å². The first kappa shape index (κ1) is 23.2. The van der Waals surface area contributed by atoms with Crippen LogP contribution in [0, 0.1) is 6.92 Å². The number of rotatable bonds is 7. The second kappa shape index (κ2) is 9.80. The van der Waals surface area contributed by atoms with Gasteiger partial charge in [0.15, 0.2) is 5.17 Å². The fourth-order valence-electron chi connectivity index (χ4n) is 2.79. The zero-order chi connectivity index (χ0) is 22.6. The van der Waals surface area contributed by atoms with Crippen LogP contribution in [0.4, 0.5) is 5.69 Å². The molecule has 1 fully saturated rings. The molecule has 3 rings (SSSR count). The van der Waals surface area contributed by atoms with E-state index in [2.05, 4.69) is 32.2 Å². The van der Waals surface area contributed by atoms with Crippen LogP contribution < -0.4 is 5.32 Å². The molecule has 0 bridgehead atoms. The van der Waals surface area contributed by atoms with Gasteiger partial charge in [-0.15, -0.1) is 11.0 Å². The number of thioether (sulfide) groups is 1. The van der Waals surface area contributed by atoms with Crippen LogP contribution in [-0.2, 0) is 19.6 Å². The van der Waals surface area contributed by atoms with E-state index in [9.17, 15) is 18.0 Å². The Kier molecular flexibility index (Phi) is 7.34. The van der Waals surface area contributed by atoms with Crippen LogP contribution in [0.25, 0.3) is 0 Å². The van der Waals surface area contributed by atoms with Crippen LogP contribution in [-0.4, -0.2) is 42.1 Å². The topological polar surface area (TPSA) is 95.9 Å². The Morgan fingerprint density at radius 1 is 1.23 bits per heavy atom. The third-order valence-electron chi connectivity index (χ3n) is 4.35. The summed E-state index contributed by atoms with van der Waals surface area (Å²) in [5, 5.41) is 2.01. The lowest BCUT2D eigenvalue weighted by Gasteiger charge is -2.13. The maximum absolute atomic E-state index is 12.8. The number of nitrogens with zero attached hydrogens (tertiary/aromatic N) is 2. The first-order valence-corrected chi connectivity index (χ1v) is 12.4. The van der Waals surface area contributed by atoms with Gasteiger partial charge in [-0.05, 0) is 43.3 Å². The molecule has 0 aliphatic carbocycles. The molecule has 1 aliphatic rings. The molecule has 31 heavy (non-hydrogen) atoms. The zero-order valence-corrected chi connectivity index (χ0v) is 19.8. The summed E-state index contributed by atoms with van der Waals surface area (Å²) in [6.07, 6.45) is 1.37. The summed E-state index contributed by atoms with van der Waals surface area (Å²) in [5.74, 6) is -0.723. The van der Waals surface area contributed by atoms with Crippen molar-refractivity contribution >= 4 is 60.4 Å². The van der Waals surface area contributed by atoms with Gasteiger partial charge < -0.3 is 5.32 Å². The molecule has 0 saturated carbocycles.